The molecule has 12 nitrogen and oxygen atoms in total. The van der Waals surface area contributed by atoms with E-state index in [9.17, 15) is 27.9 Å². The van der Waals surface area contributed by atoms with E-state index in [2.05, 4.69) is 10.6 Å². The van der Waals surface area contributed by atoms with Gasteiger partial charge in [0.2, 0.25) is 21.6 Å². The third-order valence-electron chi connectivity index (χ3n) is 5.52. The molecule has 39 heavy (non-hydrogen) atoms. The zero-order valence-corrected chi connectivity index (χ0v) is 21.2. The van der Waals surface area contributed by atoms with Crippen molar-refractivity contribution < 1.29 is 33.3 Å². The van der Waals surface area contributed by atoms with E-state index >= 15 is 0 Å². The van der Waals surface area contributed by atoms with Crippen LogP contribution in [0.5, 0.6) is 5.88 Å². The number of sulfonamides is 1. The van der Waals surface area contributed by atoms with Gasteiger partial charge in [-0.3, -0.25) is 19.0 Å². The predicted octanol–water partition coefficient (Wildman–Crippen LogP) is 2.35. The van der Waals surface area contributed by atoms with Gasteiger partial charge in [0.25, 0.3) is 5.56 Å². The average molecular weight is 551 g/mol. The Hall–Kier alpha value is -5.15. The maximum Gasteiger partial charge on any atom is 0.323 e. The van der Waals surface area contributed by atoms with Crippen molar-refractivity contribution in [2.75, 3.05) is 18.0 Å². The lowest BCUT2D eigenvalue weighted by molar-refractivity contribution is -0.136. The summed E-state index contributed by atoms with van der Waals surface area (Å²) in [7, 11) is -4.10. The van der Waals surface area contributed by atoms with Gasteiger partial charge >= 0.3 is 11.9 Å². The molecule has 0 amide bonds. The number of aromatic hydroxyl groups is 1. The highest BCUT2D eigenvalue weighted by Gasteiger charge is 2.20. The molecule has 0 bridgehead atoms. The third kappa shape index (κ3) is 6.60. The maximum atomic E-state index is 13.3. The highest BCUT2D eigenvalue weighted by Crippen LogP contribution is 2.33. The first-order valence-electron chi connectivity index (χ1n) is 11.0. The fraction of sp³-hybridized carbons (Fsp3) is 0.115. The molecule has 0 aliphatic carbocycles. The first-order chi connectivity index (χ1) is 18.3. The van der Waals surface area contributed by atoms with Gasteiger partial charge in [0, 0.05) is 11.3 Å². The molecular formula is C26H22N4O8S. The third-order valence-corrected chi connectivity index (χ3v) is 6.43. The van der Waals surface area contributed by atoms with Crippen molar-refractivity contribution in [1.29, 1.82) is 0 Å². The zero-order valence-electron chi connectivity index (χ0n) is 20.4. The van der Waals surface area contributed by atoms with E-state index in [1.165, 1.54) is 54.3 Å². The second-order valence-electron chi connectivity index (χ2n) is 8.20. The quantitative estimate of drug-likeness (QED) is 0.229. The molecule has 1 heterocycles. The molecule has 0 radical (unpaired) electrons. The molecule has 0 spiro atoms. The van der Waals surface area contributed by atoms with Crippen molar-refractivity contribution in [1.82, 2.24) is 4.57 Å². The van der Waals surface area contributed by atoms with Crippen LogP contribution in [0.3, 0.4) is 0 Å². The summed E-state index contributed by atoms with van der Waals surface area (Å²) < 4.78 is 24.3. The Morgan fingerprint density at radius 3 is 2.26 bits per heavy atom. The van der Waals surface area contributed by atoms with Crippen LogP contribution >= 0.6 is 0 Å². The van der Waals surface area contributed by atoms with E-state index in [1.807, 2.05) is 0 Å². The Morgan fingerprint density at radius 2 is 1.72 bits per heavy atom. The van der Waals surface area contributed by atoms with Crippen LogP contribution in [0.15, 0.2) is 64.0 Å². The summed E-state index contributed by atoms with van der Waals surface area (Å²) >= 11 is 0. The van der Waals surface area contributed by atoms with Gasteiger partial charge in [0.15, 0.2) is 0 Å². The largest absolute Gasteiger partial charge is 0.502 e. The number of aliphatic carboxylic acids is 2. The molecule has 2 aromatic carbocycles. The van der Waals surface area contributed by atoms with Crippen molar-refractivity contribution in [2.45, 2.75) is 11.8 Å². The normalized spacial score (nSPS) is 10.7. The molecule has 3 rings (SSSR count). The number of rotatable bonds is 9. The number of nitrogens with zero attached hydrogens (tertiary/aromatic N) is 3. The molecule has 1 aromatic heterocycles. The number of carbonyl (C=O) groups is 2. The van der Waals surface area contributed by atoms with Crippen LogP contribution in [0.4, 0.5) is 11.4 Å². The Labute approximate surface area is 222 Å². The Bertz CT molecular complexity index is 1710. The lowest BCUT2D eigenvalue weighted by atomic mass is 10.1. The van der Waals surface area contributed by atoms with Gasteiger partial charge in [0.1, 0.15) is 13.1 Å². The van der Waals surface area contributed by atoms with Crippen molar-refractivity contribution >= 4 is 45.5 Å². The monoisotopic (exact) mass is 550 g/mol. The van der Waals surface area contributed by atoms with Gasteiger partial charge in [-0.1, -0.05) is 18.2 Å². The van der Waals surface area contributed by atoms with Crippen molar-refractivity contribution in [3.8, 4) is 11.6 Å². The van der Waals surface area contributed by atoms with Crippen molar-refractivity contribution in [2.24, 2.45) is 5.14 Å². The fourth-order valence-electron chi connectivity index (χ4n) is 3.69. The number of pyridine rings is 1. The molecular weight excluding hydrogens is 528 g/mol. The summed E-state index contributed by atoms with van der Waals surface area (Å²) in [5.74, 6) is -3.04. The Balaban J connectivity index is 2.05. The molecule has 200 valence electrons. The second-order valence-corrected chi connectivity index (χ2v) is 9.76. The Morgan fingerprint density at radius 1 is 1.10 bits per heavy atom. The topological polar surface area (TPSA) is 185 Å². The van der Waals surface area contributed by atoms with Gasteiger partial charge in [-0.05, 0) is 60.5 Å². The molecule has 5 N–H and O–H groups in total. The van der Waals surface area contributed by atoms with Crippen LogP contribution in [0.2, 0.25) is 0 Å². The molecule has 0 unspecified atom stereocenters. The SMILES string of the molecule is [C-]#[N+]c1c(C)c(C=C=Cc2ccc(N(CC(=O)O)CC(=O)O)cc2)c(=O)n(-c2cccc(S(N)(=O)=O)c2)c1O. The zero-order chi connectivity index (χ0) is 28.9. The fourth-order valence-corrected chi connectivity index (χ4v) is 4.24. The summed E-state index contributed by atoms with van der Waals surface area (Å²) in [5, 5.41) is 33.9. The van der Waals surface area contributed by atoms with Gasteiger partial charge in [0.05, 0.1) is 17.2 Å². The molecule has 0 fully saturated rings. The van der Waals surface area contributed by atoms with Gasteiger partial charge in [-0.25, -0.2) is 18.4 Å². The van der Waals surface area contributed by atoms with Crippen LogP contribution < -0.4 is 15.6 Å². The molecule has 13 heteroatoms. The van der Waals surface area contributed by atoms with Crippen LogP contribution in [0.25, 0.3) is 22.7 Å². The number of hydrogen-bond donors (Lipinski definition) is 4. The summed E-state index contributed by atoms with van der Waals surface area (Å²) in [6.45, 7) is 7.93. The number of nitrogens with two attached hydrogens (primary N) is 1. The number of primary sulfonamides is 1. The van der Waals surface area contributed by atoms with Crippen molar-refractivity contribution in [3.05, 3.63) is 92.7 Å². The Kier molecular flexibility index (Phi) is 8.37. The van der Waals surface area contributed by atoms with Gasteiger partial charge < -0.3 is 20.2 Å². The first-order valence-corrected chi connectivity index (χ1v) is 12.6. The number of carboxylic acids is 2. The van der Waals surface area contributed by atoms with Crippen LogP contribution in [0, 0.1) is 13.5 Å². The minimum atomic E-state index is -4.10. The number of aromatic nitrogens is 1. The minimum Gasteiger partial charge on any atom is -0.502 e. The van der Waals surface area contributed by atoms with Crippen LogP contribution in [-0.2, 0) is 19.6 Å². The summed E-state index contributed by atoms with van der Waals surface area (Å²) in [6, 6.07) is 11.3. The molecule has 0 aliphatic rings. The number of anilines is 1. The van der Waals surface area contributed by atoms with E-state index in [1.54, 1.807) is 12.1 Å². The lowest BCUT2D eigenvalue weighted by Gasteiger charge is -2.20. The van der Waals surface area contributed by atoms with Gasteiger partial charge in [-0.15, -0.1) is 5.73 Å². The molecule has 0 atom stereocenters. The predicted molar refractivity (Wildman–Crippen MR) is 142 cm³/mol. The second kappa shape index (κ2) is 11.5. The number of carboxylic acid groups (broad SMARTS) is 2. The smallest absolute Gasteiger partial charge is 0.323 e. The van der Waals surface area contributed by atoms with E-state index in [4.69, 9.17) is 21.9 Å². The van der Waals surface area contributed by atoms with E-state index < -0.39 is 46.5 Å². The lowest BCUT2D eigenvalue weighted by Crippen LogP contribution is -2.34. The summed E-state index contributed by atoms with van der Waals surface area (Å²) in [6.07, 6.45) is 2.80. The molecule has 3 aromatic rings. The number of hydrogen-bond acceptors (Lipinski definition) is 7. The standard InChI is InChI=1S/C26H22N4O8S/c1-16-21(8-3-5-17-9-11-18(12-10-17)29(14-22(31)32)15-23(33)34)25(35)30(26(36)24(16)28-2)19-6-4-7-20(13-19)39(27,37)38/h4-13,36H,14-15H2,1H3,(H,31,32)(H,33,34)(H2,27,37,38). The molecule has 0 saturated carbocycles. The van der Waals surface area contributed by atoms with Crippen LogP contribution in [-0.4, -0.2) is 53.3 Å². The highest BCUT2D eigenvalue weighted by atomic mass is 32.2. The highest BCUT2D eigenvalue weighted by molar-refractivity contribution is 7.89. The molecule has 0 saturated heterocycles. The molecule has 0 aliphatic heterocycles. The van der Waals surface area contributed by atoms with E-state index in [-0.39, 0.29) is 27.4 Å². The van der Waals surface area contributed by atoms with E-state index in [0.29, 0.717) is 11.3 Å². The van der Waals surface area contributed by atoms with Gasteiger partial charge in [-0.2, -0.15) is 0 Å². The van der Waals surface area contributed by atoms with E-state index in [0.717, 1.165) is 10.6 Å². The maximum absolute atomic E-state index is 13.3. The van der Waals surface area contributed by atoms with Crippen molar-refractivity contribution in [3.63, 3.8) is 0 Å². The summed E-state index contributed by atoms with van der Waals surface area (Å²) in [5.41, 5.74) is 3.02. The minimum absolute atomic E-state index is 0.0155. The summed E-state index contributed by atoms with van der Waals surface area (Å²) in [4.78, 5) is 39.6. The average Bonchev–Trinajstić information content (AvgIpc) is 2.85. The van der Waals surface area contributed by atoms with Crippen LogP contribution in [0.1, 0.15) is 16.7 Å². The first kappa shape index (κ1) is 28.4. The number of benzene rings is 2.